The molecule has 5 heteroatoms. The van der Waals surface area contributed by atoms with Crippen LogP contribution in [0.15, 0.2) is 28.8 Å². The van der Waals surface area contributed by atoms with Gasteiger partial charge in [0.2, 0.25) is 5.88 Å². The van der Waals surface area contributed by atoms with Gasteiger partial charge < -0.3 is 15.0 Å². The predicted molar refractivity (Wildman–Crippen MR) is 61.4 cm³/mol. The van der Waals surface area contributed by atoms with Gasteiger partial charge in [0.05, 0.1) is 0 Å². The lowest BCUT2D eigenvalue weighted by Crippen LogP contribution is -1.95. The first-order valence-corrected chi connectivity index (χ1v) is 5.13. The molecule has 0 fully saturated rings. The quantitative estimate of drug-likeness (QED) is 0.893. The Labute approximate surface area is 97.9 Å². The number of aryl methyl sites for hydroxylation is 1. The molecule has 16 heavy (non-hydrogen) atoms. The number of nitrogens with zero attached hydrogens (tertiary/aromatic N) is 1. The van der Waals surface area contributed by atoms with Crippen LogP contribution in [0, 0.1) is 6.92 Å². The largest absolute Gasteiger partial charge is 0.487 e. The highest BCUT2D eigenvalue weighted by Crippen LogP contribution is 2.21. The first kappa shape index (κ1) is 10.8. The second-order valence-electron chi connectivity index (χ2n) is 3.42. The third-order valence-corrected chi connectivity index (χ3v) is 2.52. The van der Waals surface area contributed by atoms with Crippen molar-refractivity contribution in [2.75, 3.05) is 5.73 Å². The monoisotopic (exact) mass is 238 g/mol. The number of hydrogen-bond donors (Lipinski definition) is 1. The molecule has 0 bridgehead atoms. The lowest BCUT2D eigenvalue weighted by Gasteiger charge is -2.05. The second-order valence-corrected chi connectivity index (χ2v) is 3.83. The van der Waals surface area contributed by atoms with E-state index in [9.17, 15) is 0 Å². The van der Waals surface area contributed by atoms with E-state index in [-0.39, 0.29) is 5.88 Å². The molecule has 0 atom stereocenters. The highest BCUT2D eigenvalue weighted by Gasteiger charge is 2.03. The van der Waals surface area contributed by atoms with Gasteiger partial charge in [0.15, 0.2) is 0 Å². The number of anilines is 1. The number of rotatable bonds is 3. The Balaban J connectivity index is 2.02. The molecular weight excluding hydrogens is 228 g/mol. The molecule has 84 valence electrons. The summed E-state index contributed by atoms with van der Waals surface area (Å²) in [6.07, 6.45) is 0. The van der Waals surface area contributed by atoms with E-state index in [1.807, 2.05) is 13.0 Å². The Kier molecular flexibility index (Phi) is 3.01. The second kappa shape index (κ2) is 4.45. The number of halogens is 1. The van der Waals surface area contributed by atoms with Crippen molar-refractivity contribution in [2.45, 2.75) is 13.5 Å². The molecule has 1 aromatic heterocycles. The van der Waals surface area contributed by atoms with Gasteiger partial charge in [0, 0.05) is 11.1 Å². The number of hydrogen-bond acceptors (Lipinski definition) is 4. The fourth-order valence-corrected chi connectivity index (χ4v) is 1.38. The molecule has 0 saturated heterocycles. The lowest BCUT2D eigenvalue weighted by atomic mass is 10.2. The van der Waals surface area contributed by atoms with Crippen LogP contribution in [0.2, 0.25) is 5.02 Å². The van der Waals surface area contributed by atoms with Gasteiger partial charge in [-0.15, -0.1) is 0 Å². The topological polar surface area (TPSA) is 61.3 Å². The number of aromatic nitrogens is 1. The van der Waals surface area contributed by atoms with Gasteiger partial charge in [0.25, 0.3) is 0 Å². The lowest BCUT2D eigenvalue weighted by molar-refractivity contribution is 0.290. The molecule has 0 saturated carbocycles. The SMILES string of the molecule is Cc1cc(OCc2cc(N)on2)ccc1Cl. The van der Waals surface area contributed by atoms with Crippen molar-refractivity contribution >= 4 is 17.5 Å². The maximum Gasteiger partial charge on any atom is 0.222 e. The smallest absolute Gasteiger partial charge is 0.222 e. The third kappa shape index (κ3) is 2.46. The molecule has 2 N–H and O–H groups in total. The van der Waals surface area contributed by atoms with E-state index in [0.29, 0.717) is 12.3 Å². The van der Waals surface area contributed by atoms with E-state index in [1.54, 1.807) is 18.2 Å². The minimum atomic E-state index is 0.283. The van der Waals surface area contributed by atoms with Gasteiger partial charge >= 0.3 is 0 Å². The van der Waals surface area contributed by atoms with Gasteiger partial charge in [-0.05, 0) is 30.7 Å². The number of ether oxygens (including phenoxy) is 1. The van der Waals surface area contributed by atoms with E-state index in [4.69, 9.17) is 26.6 Å². The molecule has 0 radical (unpaired) electrons. The summed E-state index contributed by atoms with van der Waals surface area (Å²) in [5, 5.41) is 4.44. The van der Waals surface area contributed by atoms with Crippen LogP contribution in [-0.2, 0) is 6.61 Å². The van der Waals surface area contributed by atoms with Crippen molar-refractivity contribution in [3.05, 3.63) is 40.5 Å². The normalized spacial score (nSPS) is 10.4. The standard InChI is InChI=1S/C11H11ClN2O2/c1-7-4-9(2-3-10(7)12)15-6-8-5-11(13)16-14-8/h2-5H,6,13H2,1H3. The summed E-state index contributed by atoms with van der Waals surface area (Å²) in [5.74, 6) is 1.02. The van der Waals surface area contributed by atoms with E-state index in [0.717, 1.165) is 16.3 Å². The van der Waals surface area contributed by atoms with Crippen LogP contribution in [-0.4, -0.2) is 5.16 Å². The molecule has 2 aromatic rings. The average molecular weight is 239 g/mol. The zero-order valence-electron chi connectivity index (χ0n) is 8.74. The maximum absolute atomic E-state index is 5.90. The van der Waals surface area contributed by atoms with Crippen molar-refractivity contribution in [3.8, 4) is 5.75 Å². The molecule has 4 nitrogen and oxygen atoms in total. The van der Waals surface area contributed by atoms with Crippen LogP contribution in [0.1, 0.15) is 11.3 Å². The molecule has 0 unspecified atom stereocenters. The average Bonchev–Trinajstić information content (AvgIpc) is 2.66. The molecule has 0 amide bonds. The van der Waals surface area contributed by atoms with Crippen LogP contribution in [0.25, 0.3) is 0 Å². The Morgan fingerprint density at radius 2 is 2.25 bits per heavy atom. The molecule has 0 aliphatic carbocycles. The molecule has 2 rings (SSSR count). The van der Waals surface area contributed by atoms with Crippen LogP contribution in [0.5, 0.6) is 5.75 Å². The fraction of sp³-hybridized carbons (Fsp3) is 0.182. The molecule has 1 aromatic carbocycles. The molecule has 0 aliphatic heterocycles. The summed E-state index contributed by atoms with van der Waals surface area (Å²) in [6.45, 7) is 2.24. The Bertz CT molecular complexity index is 496. The molecule has 1 heterocycles. The number of benzene rings is 1. The Morgan fingerprint density at radius 3 is 2.88 bits per heavy atom. The van der Waals surface area contributed by atoms with Gasteiger partial charge in [-0.1, -0.05) is 16.8 Å². The minimum Gasteiger partial charge on any atom is -0.487 e. The third-order valence-electron chi connectivity index (χ3n) is 2.09. The highest BCUT2D eigenvalue weighted by atomic mass is 35.5. The molecule has 0 spiro atoms. The van der Waals surface area contributed by atoms with Gasteiger partial charge in [0.1, 0.15) is 18.1 Å². The summed E-state index contributed by atoms with van der Waals surface area (Å²) < 4.78 is 10.2. The van der Waals surface area contributed by atoms with Crippen molar-refractivity contribution in [2.24, 2.45) is 0 Å². The van der Waals surface area contributed by atoms with Crippen LogP contribution in [0.3, 0.4) is 0 Å². The van der Waals surface area contributed by atoms with E-state index in [1.165, 1.54) is 0 Å². The van der Waals surface area contributed by atoms with E-state index in [2.05, 4.69) is 5.16 Å². The minimum absolute atomic E-state index is 0.283. The zero-order chi connectivity index (χ0) is 11.5. The summed E-state index contributed by atoms with van der Waals surface area (Å²) in [6, 6.07) is 7.09. The van der Waals surface area contributed by atoms with Crippen LogP contribution >= 0.6 is 11.6 Å². The van der Waals surface area contributed by atoms with Gasteiger partial charge in [-0.25, -0.2) is 0 Å². The zero-order valence-corrected chi connectivity index (χ0v) is 9.49. The number of nitrogen functional groups attached to an aromatic ring is 1. The Morgan fingerprint density at radius 1 is 1.44 bits per heavy atom. The van der Waals surface area contributed by atoms with E-state index >= 15 is 0 Å². The summed E-state index contributed by atoms with van der Waals surface area (Å²) in [7, 11) is 0. The van der Waals surface area contributed by atoms with Crippen molar-refractivity contribution in [1.82, 2.24) is 5.16 Å². The first-order valence-electron chi connectivity index (χ1n) is 4.75. The highest BCUT2D eigenvalue weighted by molar-refractivity contribution is 6.31. The van der Waals surface area contributed by atoms with Gasteiger partial charge in [-0.3, -0.25) is 0 Å². The number of nitrogens with two attached hydrogens (primary N) is 1. The summed E-state index contributed by atoms with van der Waals surface area (Å²) in [5.41, 5.74) is 7.02. The molecule has 0 aliphatic rings. The van der Waals surface area contributed by atoms with Crippen LogP contribution in [0.4, 0.5) is 5.88 Å². The summed E-state index contributed by atoms with van der Waals surface area (Å²) in [4.78, 5) is 0. The molecular formula is C11H11ClN2O2. The fourth-order valence-electron chi connectivity index (χ4n) is 1.26. The first-order chi connectivity index (χ1) is 7.65. The van der Waals surface area contributed by atoms with Gasteiger partial charge in [-0.2, -0.15) is 0 Å². The van der Waals surface area contributed by atoms with E-state index < -0.39 is 0 Å². The van der Waals surface area contributed by atoms with Crippen molar-refractivity contribution in [3.63, 3.8) is 0 Å². The Hall–Kier alpha value is -1.68. The predicted octanol–water partition coefficient (Wildman–Crippen LogP) is 2.80. The van der Waals surface area contributed by atoms with Crippen LogP contribution < -0.4 is 10.5 Å². The maximum atomic E-state index is 5.90. The van der Waals surface area contributed by atoms with Crippen molar-refractivity contribution in [1.29, 1.82) is 0 Å². The summed E-state index contributed by atoms with van der Waals surface area (Å²) >= 11 is 5.90. The van der Waals surface area contributed by atoms with Crippen molar-refractivity contribution < 1.29 is 9.26 Å².